The predicted octanol–water partition coefficient (Wildman–Crippen LogP) is 3.89. The predicted molar refractivity (Wildman–Crippen MR) is 109 cm³/mol. The van der Waals surface area contributed by atoms with E-state index in [0.717, 1.165) is 44.0 Å². The summed E-state index contributed by atoms with van der Waals surface area (Å²) >= 11 is 5.34. The van der Waals surface area contributed by atoms with Crippen molar-refractivity contribution in [2.75, 3.05) is 33.3 Å². The largest absolute Gasteiger partial charge is 0.497 e. The van der Waals surface area contributed by atoms with Gasteiger partial charge in [0.05, 0.1) is 17.4 Å². The molecule has 0 unspecified atom stereocenters. The van der Waals surface area contributed by atoms with E-state index in [9.17, 15) is 0 Å². The number of nitrogens with zero attached hydrogens (tertiary/aromatic N) is 4. The Labute approximate surface area is 170 Å². The summed E-state index contributed by atoms with van der Waals surface area (Å²) in [5.74, 6) is 2.10. The first-order valence-corrected chi connectivity index (χ1v) is 10.5. The number of halogens is 1. The monoisotopic (exact) mass is 448 g/mol. The highest BCUT2D eigenvalue weighted by molar-refractivity contribution is 9.11. The van der Waals surface area contributed by atoms with Crippen molar-refractivity contribution in [1.82, 2.24) is 19.9 Å². The Kier molecular flexibility index (Phi) is 5.87. The van der Waals surface area contributed by atoms with E-state index in [-0.39, 0.29) is 0 Å². The first kappa shape index (κ1) is 18.6. The van der Waals surface area contributed by atoms with Gasteiger partial charge in [-0.15, -0.1) is 11.3 Å². The van der Waals surface area contributed by atoms with Crippen molar-refractivity contribution < 1.29 is 9.26 Å². The van der Waals surface area contributed by atoms with E-state index in [1.54, 1.807) is 7.11 Å². The van der Waals surface area contributed by atoms with Crippen LogP contribution >= 0.6 is 27.3 Å². The van der Waals surface area contributed by atoms with Crippen LogP contribution in [0.2, 0.25) is 0 Å². The molecule has 0 radical (unpaired) electrons. The summed E-state index contributed by atoms with van der Waals surface area (Å²) in [6, 6.07) is 12.0. The van der Waals surface area contributed by atoms with Crippen LogP contribution in [0.25, 0.3) is 11.4 Å². The van der Waals surface area contributed by atoms with E-state index in [1.165, 1.54) is 8.66 Å². The lowest BCUT2D eigenvalue weighted by Crippen LogP contribution is -2.45. The Morgan fingerprint density at radius 2 is 1.74 bits per heavy atom. The SMILES string of the molecule is COc1ccc(-c2noc(CN3CCN(Cc4ccc(Br)s4)CC3)n2)cc1. The average molecular weight is 449 g/mol. The minimum atomic E-state index is 0.620. The number of hydrogen-bond acceptors (Lipinski definition) is 7. The number of rotatable bonds is 6. The fraction of sp³-hybridized carbons (Fsp3) is 0.368. The molecular formula is C19H21BrN4O2S. The zero-order valence-corrected chi connectivity index (χ0v) is 17.5. The third-order valence-corrected chi connectivity index (χ3v) is 6.26. The normalized spacial score (nSPS) is 15.9. The second kappa shape index (κ2) is 8.52. The number of piperazine rings is 1. The molecule has 0 N–H and O–H groups in total. The van der Waals surface area contributed by atoms with Crippen LogP contribution < -0.4 is 4.74 Å². The first-order valence-electron chi connectivity index (χ1n) is 8.85. The van der Waals surface area contributed by atoms with Crippen LogP contribution in [0.1, 0.15) is 10.8 Å². The van der Waals surface area contributed by atoms with E-state index in [0.29, 0.717) is 18.3 Å². The van der Waals surface area contributed by atoms with Crippen LogP contribution in [0.15, 0.2) is 44.7 Å². The fourth-order valence-electron chi connectivity index (χ4n) is 3.13. The highest BCUT2D eigenvalue weighted by Gasteiger charge is 2.20. The Bertz CT molecular complexity index is 872. The number of aromatic nitrogens is 2. The summed E-state index contributed by atoms with van der Waals surface area (Å²) in [4.78, 5) is 10.8. The molecule has 27 heavy (non-hydrogen) atoms. The molecule has 1 fully saturated rings. The number of hydrogen-bond donors (Lipinski definition) is 0. The molecule has 8 heteroatoms. The van der Waals surface area contributed by atoms with Gasteiger partial charge in [-0.05, 0) is 52.3 Å². The molecule has 142 valence electrons. The minimum absolute atomic E-state index is 0.620. The smallest absolute Gasteiger partial charge is 0.241 e. The number of benzene rings is 1. The molecule has 4 rings (SSSR count). The molecule has 1 aromatic carbocycles. The van der Waals surface area contributed by atoms with Crippen molar-refractivity contribution >= 4 is 27.3 Å². The van der Waals surface area contributed by atoms with Gasteiger partial charge in [0.15, 0.2) is 0 Å². The number of ether oxygens (including phenoxy) is 1. The van der Waals surface area contributed by atoms with E-state index >= 15 is 0 Å². The van der Waals surface area contributed by atoms with Crippen molar-refractivity contribution in [2.45, 2.75) is 13.1 Å². The first-order chi connectivity index (χ1) is 13.2. The summed E-state index contributed by atoms with van der Waals surface area (Å²) in [5.41, 5.74) is 0.928. The van der Waals surface area contributed by atoms with Crippen molar-refractivity contribution in [3.63, 3.8) is 0 Å². The summed E-state index contributed by atoms with van der Waals surface area (Å²) in [6.45, 7) is 5.83. The quantitative estimate of drug-likeness (QED) is 0.569. The maximum atomic E-state index is 5.45. The summed E-state index contributed by atoms with van der Waals surface area (Å²) in [6.07, 6.45) is 0. The van der Waals surface area contributed by atoms with Gasteiger partial charge in [0.25, 0.3) is 0 Å². The molecule has 0 bridgehead atoms. The summed E-state index contributed by atoms with van der Waals surface area (Å²) in [7, 11) is 1.65. The molecule has 0 spiro atoms. The Balaban J connectivity index is 1.29. The Morgan fingerprint density at radius 1 is 1.04 bits per heavy atom. The van der Waals surface area contributed by atoms with E-state index < -0.39 is 0 Å². The molecule has 3 aromatic rings. The van der Waals surface area contributed by atoms with Crippen LogP contribution in [0.3, 0.4) is 0 Å². The van der Waals surface area contributed by atoms with Gasteiger partial charge in [-0.1, -0.05) is 5.16 Å². The van der Waals surface area contributed by atoms with E-state index in [4.69, 9.17) is 9.26 Å². The van der Waals surface area contributed by atoms with Crippen LogP contribution in [0, 0.1) is 0 Å². The van der Waals surface area contributed by atoms with Crippen molar-refractivity contribution in [2.24, 2.45) is 0 Å². The fourth-order valence-corrected chi connectivity index (χ4v) is 4.66. The Hall–Kier alpha value is -1.74. The Morgan fingerprint density at radius 3 is 2.37 bits per heavy atom. The van der Waals surface area contributed by atoms with Gasteiger partial charge < -0.3 is 9.26 Å². The molecular weight excluding hydrogens is 428 g/mol. The van der Waals surface area contributed by atoms with Gasteiger partial charge in [0.2, 0.25) is 11.7 Å². The summed E-state index contributed by atoms with van der Waals surface area (Å²) in [5, 5.41) is 4.11. The van der Waals surface area contributed by atoms with Crippen LogP contribution in [0.5, 0.6) is 5.75 Å². The van der Waals surface area contributed by atoms with E-state index in [1.807, 2.05) is 35.6 Å². The standard InChI is InChI=1S/C19H21BrN4O2S/c1-25-15-4-2-14(3-5-15)19-21-18(26-22-19)13-24-10-8-23(9-11-24)12-16-6-7-17(20)27-16/h2-7H,8-13H2,1H3. The molecule has 3 heterocycles. The van der Waals surface area contributed by atoms with Crippen molar-refractivity contribution in [3.8, 4) is 17.1 Å². The van der Waals surface area contributed by atoms with Crippen molar-refractivity contribution in [3.05, 3.63) is 51.0 Å². The zero-order valence-electron chi connectivity index (χ0n) is 15.1. The number of methoxy groups -OCH3 is 1. The van der Waals surface area contributed by atoms with E-state index in [2.05, 4.69) is 48.0 Å². The molecule has 1 aliphatic heterocycles. The summed E-state index contributed by atoms with van der Waals surface area (Å²) < 4.78 is 11.8. The zero-order chi connectivity index (χ0) is 18.6. The van der Waals surface area contributed by atoms with Crippen LogP contribution in [-0.4, -0.2) is 53.2 Å². The lowest BCUT2D eigenvalue weighted by molar-refractivity contribution is 0.113. The maximum absolute atomic E-state index is 5.45. The molecule has 0 aliphatic carbocycles. The second-order valence-corrected chi connectivity index (χ2v) is 9.05. The molecule has 0 amide bonds. The molecule has 6 nitrogen and oxygen atoms in total. The molecule has 0 saturated carbocycles. The highest BCUT2D eigenvalue weighted by atomic mass is 79.9. The second-order valence-electron chi connectivity index (χ2n) is 6.50. The third-order valence-electron chi connectivity index (χ3n) is 4.65. The van der Waals surface area contributed by atoms with Crippen molar-refractivity contribution in [1.29, 1.82) is 0 Å². The number of thiophene rings is 1. The topological polar surface area (TPSA) is 54.6 Å². The van der Waals surface area contributed by atoms with Gasteiger partial charge in [-0.25, -0.2) is 0 Å². The minimum Gasteiger partial charge on any atom is -0.497 e. The van der Waals surface area contributed by atoms with Crippen LogP contribution in [0.4, 0.5) is 0 Å². The van der Waals surface area contributed by atoms with Gasteiger partial charge in [-0.2, -0.15) is 4.98 Å². The molecule has 1 saturated heterocycles. The molecule has 2 aromatic heterocycles. The lowest BCUT2D eigenvalue weighted by atomic mass is 10.2. The highest BCUT2D eigenvalue weighted by Crippen LogP contribution is 2.24. The van der Waals surface area contributed by atoms with Gasteiger partial charge in [0, 0.05) is 43.2 Å². The van der Waals surface area contributed by atoms with Crippen LogP contribution in [-0.2, 0) is 13.1 Å². The lowest BCUT2D eigenvalue weighted by Gasteiger charge is -2.33. The van der Waals surface area contributed by atoms with Gasteiger partial charge in [0.1, 0.15) is 5.75 Å². The van der Waals surface area contributed by atoms with Gasteiger partial charge >= 0.3 is 0 Å². The maximum Gasteiger partial charge on any atom is 0.241 e. The molecule has 0 atom stereocenters. The van der Waals surface area contributed by atoms with Gasteiger partial charge in [-0.3, -0.25) is 9.80 Å². The molecule has 1 aliphatic rings. The average Bonchev–Trinajstić information content (AvgIpc) is 3.32. The third kappa shape index (κ3) is 4.76.